The Hall–Kier alpha value is -2.22. The quantitative estimate of drug-likeness (QED) is 0.781. The highest BCUT2D eigenvalue weighted by Crippen LogP contribution is 2.27. The van der Waals surface area contributed by atoms with Gasteiger partial charge < -0.3 is 4.90 Å². The van der Waals surface area contributed by atoms with Gasteiger partial charge in [0.1, 0.15) is 5.82 Å². The number of sulfone groups is 1. The van der Waals surface area contributed by atoms with Crippen LogP contribution in [0.4, 0.5) is 4.39 Å². The number of benzene rings is 1. The molecule has 0 aliphatic carbocycles. The zero-order valence-electron chi connectivity index (χ0n) is 15.8. The lowest BCUT2D eigenvalue weighted by Gasteiger charge is -2.18. The van der Waals surface area contributed by atoms with Crippen LogP contribution in [0.1, 0.15) is 35.0 Å². The van der Waals surface area contributed by atoms with Crippen LogP contribution in [0, 0.1) is 19.7 Å². The van der Waals surface area contributed by atoms with E-state index in [2.05, 4.69) is 5.10 Å². The summed E-state index contributed by atoms with van der Waals surface area (Å²) in [5.41, 5.74) is 2.93. The Bertz CT molecular complexity index is 969. The predicted octanol–water partition coefficient (Wildman–Crippen LogP) is 2.20. The van der Waals surface area contributed by atoms with Gasteiger partial charge in [0, 0.05) is 24.8 Å². The minimum Gasteiger partial charge on any atom is -0.341 e. The summed E-state index contributed by atoms with van der Waals surface area (Å²) in [6.45, 7) is 4.11. The average molecular weight is 393 g/mol. The second-order valence-electron chi connectivity index (χ2n) is 7.17. The third-order valence-electron chi connectivity index (χ3n) is 5.15. The Labute approximate surface area is 158 Å². The standard InChI is InChI=1S/C19H24FN3O3S/c1-13-17(14(2)23(21-13)16-8-9-27(25,26)12-16)11-22(3)19(24)10-15-6-4-5-7-18(15)20/h4-7,16H,8-12H2,1-3H3. The molecule has 2 heterocycles. The number of hydrogen-bond donors (Lipinski definition) is 0. The first kappa shape index (κ1) is 19.5. The summed E-state index contributed by atoms with van der Waals surface area (Å²) >= 11 is 0. The molecule has 0 bridgehead atoms. The van der Waals surface area contributed by atoms with Gasteiger partial charge in [-0.15, -0.1) is 0 Å². The first-order valence-electron chi connectivity index (χ1n) is 8.90. The van der Waals surface area contributed by atoms with Gasteiger partial charge in [0.2, 0.25) is 5.91 Å². The van der Waals surface area contributed by atoms with E-state index < -0.39 is 9.84 Å². The van der Waals surface area contributed by atoms with Crippen LogP contribution in [0.15, 0.2) is 24.3 Å². The highest BCUT2D eigenvalue weighted by Gasteiger charge is 2.31. The van der Waals surface area contributed by atoms with E-state index in [0.717, 1.165) is 17.0 Å². The van der Waals surface area contributed by atoms with E-state index in [9.17, 15) is 17.6 Å². The molecule has 1 amide bonds. The molecule has 1 saturated heterocycles. The van der Waals surface area contributed by atoms with Gasteiger partial charge in [0.15, 0.2) is 9.84 Å². The molecule has 0 radical (unpaired) electrons. The number of nitrogens with zero attached hydrogens (tertiary/aromatic N) is 3. The van der Waals surface area contributed by atoms with E-state index in [4.69, 9.17) is 0 Å². The average Bonchev–Trinajstić information content (AvgIpc) is 3.10. The van der Waals surface area contributed by atoms with Crippen molar-refractivity contribution in [3.8, 4) is 0 Å². The van der Waals surface area contributed by atoms with E-state index in [0.29, 0.717) is 18.5 Å². The lowest BCUT2D eigenvalue weighted by Crippen LogP contribution is -2.28. The van der Waals surface area contributed by atoms with Crippen LogP contribution in [0.3, 0.4) is 0 Å². The van der Waals surface area contributed by atoms with Crippen molar-refractivity contribution < 1.29 is 17.6 Å². The first-order chi connectivity index (χ1) is 12.7. The topological polar surface area (TPSA) is 72.3 Å². The number of carbonyl (C=O) groups excluding carboxylic acids is 1. The van der Waals surface area contributed by atoms with Crippen molar-refractivity contribution >= 4 is 15.7 Å². The highest BCUT2D eigenvalue weighted by atomic mass is 32.2. The Morgan fingerprint density at radius 1 is 1.33 bits per heavy atom. The molecule has 2 aromatic rings. The second kappa shape index (κ2) is 7.42. The molecule has 0 saturated carbocycles. The fraction of sp³-hybridized carbons (Fsp3) is 0.474. The van der Waals surface area contributed by atoms with Crippen molar-refractivity contribution in [3.05, 3.63) is 52.6 Å². The summed E-state index contributed by atoms with van der Waals surface area (Å²) in [6, 6.07) is 6.10. The van der Waals surface area contributed by atoms with Gasteiger partial charge in [-0.25, -0.2) is 12.8 Å². The van der Waals surface area contributed by atoms with E-state index in [1.165, 1.54) is 6.07 Å². The lowest BCUT2D eigenvalue weighted by molar-refractivity contribution is -0.129. The fourth-order valence-corrected chi connectivity index (χ4v) is 5.21. The maximum absolute atomic E-state index is 13.8. The van der Waals surface area contributed by atoms with Gasteiger partial charge in [0.25, 0.3) is 0 Å². The molecule has 1 unspecified atom stereocenters. The molecule has 1 atom stereocenters. The number of aryl methyl sites for hydroxylation is 1. The highest BCUT2D eigenvalue weighted by molar-refractivity contribution is 7.91. The minimum atomic E-state index is -3.00. The van der Waals surface area contributed by atoms with E-state index in [1.807, 2.05) is 13.8 Å². The van der Waals surface area contributed by atoms with Crippen LogP contribution < -0.4 is 0 Å². The van der Waals surface area contributed by atoms with Crippen LogP contribution in [0.2, 0.25) is 0 Å². The molecule has 3 rings (SSSR count). The summed E-state index contributed by atoms with van der Waals surface area (Å²) in [6.07, 6.45) is 0.558. The van der Waals surface area contributed by atoms with Crippen molar-refractivity contribution in [1.29, 1.82) is 0 Å². The Balaban J connectivity index is 1.73. The van der Waals surface area contributed by atoms with E-state index in [-0.39, 0.29) is 35.7 Å². The normalized spacial score (nSPS) is 18.6. The summed E-state index contributed by atoms with van der Waals surface area (Å²) in [7, 11) is -1.32. The minimum absolute atomic E-state index is 0.00370. The zero-order chi connectivity index (χ0) is 19.8. The molecular weight excluding hydrogens is 369 g/mol. The van der Waals surface area contributed by atoms with Crippen molar-refractivity contribution in [2.45, 2.75) is 39.3 Å². The molecule has 0 N–H and O–H groups in total. The Kier molecular flexibility index (Phi) is 5.37. The van der Waals surface area contributed by atoms with E-state index >= 15 is 0 Å². The fourth-order valence-electron chi connectivity index (χ4n) is 3.51. The monoisotopic (exact) mass is 393 g/mol. The van der Waals surface area contributed by atoms with Crippen LogP contribution >= 0.6 is 0 Å². The first-order valence-corrected chi connectivity index (χ1v) is 10.7. The third kappa shape index (κ3) is 4.21. The molecular formula is C19H24FN3O3S. The maximum atomic E-state index is 13.8. The number of likely N-dealkylation sites (N-methyl/N-ethyl adjacent to an activating group) is 1. The number of rotatable bonds is 5. The number of amides is 1. The SMILES string of the molecule is Cc1nn(C2CCS(=O)(=O)C2)c(C)c1CN(C)C(=O)Cc1ccccc1F. The van der Waals surface area contributed by atoms with Gasteiger partial charge in [-0.1, -0.05) is 18.2 Å². The number of hydrogen-bond acceptors (Lipinski definition) is 4. The molecule has 1 aromatic carbocycles. The van der Waals surface area contributed by atoms with Crippen LogP contribution in [-0.4, -0.2) is 47.6 Å². The molecule has 1 fully saturated rings. The largest absolute Gasteiger partial charge is 0.341 e. The van der Waals surface area contributed by atoms with Crippen molar-refractivity contribution in [1.82, 2.24) is 14.7 Å². The third-order valence-corrected chi connectivity index (χ3v) is 6.90. The van der Waals surface area contributed by atoms with Crippen molar-refractivity contribution in [3.63, 3.8) is 0 Å². The van der Waals surface area contributed by atoms with Gasteiger partial charge in [-0.2, -0.15) is 5.10 Å². The molecule has 1 aliphatic heterocycles. The van der Waals surface area contributed by atoms with Crippen LogP contribution in [-0.2, 0) is 27.6 Å². The number of halogens is 1. The molecule has 0 spiro atoms. The van der Waals surface area contributed by atoms with Gasteiger partial charge in [0.05, 0.1) is 29.7 Å². The predicted molar refractivity (Wildman–Crippen MR) is 101 cm³/mol. The Morgan fingerprint density at radius 3 is 2.67 bits per heavy atom. The van der Waals surface area contributed by atoms with Gasteiger partial charge in [-0.05, 0) is 31.9 Å². The van der Waals surface area contributed by atoms with Crippen molar-refractivity contribution in [2.24, 2.45) is 0 Å². The summed E-state index contributed by atoms with van der Waals surface area (Å²) < 4.78 is 39.1. The molecule has 146 valence electrons. The molecule has 27 heavy (non-hydrogen) atoms. The second-order valence-corrected chi connectivity index (χ2v) is 9.40. The zero-order valence-corrected chi connectivity index (χ0v) is 16.6. The smallest absolute Gasteiger partial charge is 0.227 e. The van der Waals surface area contributed by atoms with Crippen molar-refractivity contribution in [2.75, 3.05) is 18.6 Å². The molecule has 6 nitrogen and oxygen atoms in total. The maximum Gasteiger partial charge on any atom is 0.227 e. The van der Waals surface area contributed by atoms with E-state index in [1.54, 1.807) is 34.8 Å². The summed E-state index contributed by atoms with van der Waals surface area (Å²) in [5.74, 6) is -0.278. The van der Waals surface area contributed by atoms with Crippen LogP contribution in [0.5, 0.6) is 0 Å². The molecule has 8 heteroatoms. The number of aromatic nitrogens is 2. The Morgan fingerprint density at radius 2 is 2.04 bits per heavy atom. The lowest BCUT2D eigenvalue weighted by atomic mass is 10.1. The van der Waals surface area contributed by atoms with Crippen LogP contribution in [0.25, 0.3) is 0 Å². The van der Waals surface area contributed by atoms with Gasteiger partial charge >= 0.3 is 0 Å². The molecule has 1 aromatic heterocycles. The number of carbonyl (C=O) groups is 1. The molecule has 1 aliphatic rings. The summed E-state index contributed by atoms with van der Waals surface area (Å²) in [4.78, 5) is 14.0. The summed E-state index contributed by atoms with van der Waals surface area (Å²) in [5, 5.41) is 4.52. The van der Waals surface area contributed by atoms with Gasteiger partial charge in [-0.3, -0.25) is 9.48 Å².